The molecule has 2 rings (SSSR count). The second-order valence-corrected chi connectivity index (χ2v) is 5.93. The summed E-state index contributed by atoms with van der Waals surface area (Å²) in [5.41, 5.74) is 0.858. The van der Waals surface area contributed by atoms with Gasteiger partial charge in [-0.25, -0.2) is 4.79 Å². The summed E-state index contributed by atoms with van der Waals surface area (Å²) in [6.45, 7) is 0. The number of ether oxygens (including phenoxy) is 1. The predicted octanol–water partition coefficient (Wildman–Crippen LogP) is 4.84. The normalized spacial score (nSPS) is 11.0. The summed E-state index contributed by atoms with van der Waals surface area (Å²) < 4.78 is 11.7. The molecule has 1 aromatic carbocycles. The van der Waals surface area contributed by atoms with Crippen molar-refractivity contribution in [2.75, 3.05) is 7.11 Å². The Morgan fingerprint density at radius 1 is 1.50 bits per heavy atom. The zero-order valence-electron chi connectivity index (χ0n) is 10.2. The lowest BCUT2D eigenvalue weighted by Crippen LogP contribution is -2.01. The van der Waals surface area contributed by atoms with E-state index in [1.54, 1.807) is 24.4 Å². The van der Waals surface area contributed by atoms with E-state index in [9.17, 15) is 4.79 Å². The minimum absolute atomic E-state index is 0.277. The molecule has 0 bridgehead atoms. The summed E-state index contributed by atoms with van der Waals surface area (Å²) in [7, 11) is 1.30. The topological polar surface area (TPSA) is 51.8 Å². The van der Waals surface area contributed by atoms with Gasteiger partial charge < -0.3 is 9.15 Å². The zero-order chi connectivity index (χ0) is 14.7. The van der Waals surface area contributed by atoms with Crippen molar-refractivity contribution in [1.29, 1.82) is 0 Å². The maximum atomic E-state index is 11.5. The summed E-state index contributed by atoms with van der Waals surface area (Å²) in [5.74, 6) is 0.109. The van der Waals surface area contributed by atoms with Crippen LogP contribution in [0.3, 0.4) is 0 Å². The highest BCUT2D eigenvalue weighted by Gasteiger charge is 2.11. The molecule has 104 valence electrons. The Morgan fingerprint density at radius 2 is 2.25 bits per heavy atom. The lowest BCUT2D eigenvalue weighted by molar-refractivity contribution is 0.0601. The molecule has 0 saturated heterocycles. The lowest BCUT2D eigenvalue weighted by atomic mass is 10.2. The third-order valence-electron chi connectivity index (χ3n) is 2.36. The molecule has 0 aliphatic rings. The van der Waals surface area contributed by atoms with Crippen molar-refractivity contribution in [3.05, 3.63) is 48.9 Å². The molecule has 0 aliphatic heterocycles. The van der Waals surface area contributed by atoms with Crippen molar-refractivity contribution in [2.45, 2.75) is 0 Å². The number of nitrogens with zero attached hydrogens (tertiary/aromatic N) is 1. The van der Waals surface area contributed by atoms with Crippen LogP contribution in [0, 0.1) is 3.77 Å². The fourth-order valence-corrected chi connectivity index (χ4v) is 2.34. The SMILES string of the molecule is COC(=O)c1cc(N=Cc2cc(Br)c(I)o2)ccc1Cl. The van der Waals surface area contributed by atoms with Gasteiger partial charge in [0.05, 0.1) is 34.1 Å². The number of esters is 1. The third kappa shape index (κ3) is 3.62. The van der Waals surface area contributed by atoms with E-state index in [1.165, 1.54) is 7.11 Å². The predicted molar refractivity (Wildman–Crippen MR) is 89.2 cm³/mol. The molecule has 0 amide bonds. The van der Waals surface area contributed by atoms with Gasteiger partial charge in [-0.1, -0.05) is 11.6 Å². The van der Waals surface area contributed by atoms with Crippen LogP contribution in [-0.4, -0.2) is 19.3 Å². The minimum atomic E-state index is -0.498. The molecule has 0 saturated carbocycles. The molecule has 4 nitrogen and oxygen atoms in total. The molecule has 7 heteroatoms. The molecule has 0 radical (unpaired) electrons. The Kier molecular flexibility index (Phi) is 5.22. The quantitative estimate of drug-likeness (QED) is 0.368. The first-order valence-corrected chi connectivity index (χ1v) is 7.63. The van der Waals surface area contributed by atoms with Crippen LogP contribution in [0.2, 0.25) is 5.02 Å². The average Bonchev–Trinajstić information content (AvgIpc) is 2.76. The van der Waals surface area contributed by atoms with Gasteiger partial charge in [-0.05, 0) is 34.1 Å². The highest BCUT2D eigenvalue weighted by Crippen LogP contribution is 2.25. The van der Waals surface area contributed by atoms with Crippen molar-refractivity contribution < 1.29 is 13.9 Å². The van der Waals surface area contributed by atoms with Crippen LogP contribution < -0.4 is 0 Å². The van der Waals surface area contributed by atoms with Crippen molar-refractivity contribution >= 4 is 68.0 Å². The summed E-state index contributed by atoms with van der Waals surface area (Å²) in [6, 6.07) is 6.67. The highest BCUT2D eigenvalue weighted by molar-refractivity contribution is 14.1. The van der Waals surface area contributed by atoms with Gasteiger partial charge in [-0.15, -0.1) is 0 Å². The monoisotopic (exact) mass is 467 g/mol. The van der Waals surface area contributed by atoms with Gasteiger partial charge in [0.1, 0.15) is 5.76 Å². The zero-order valence-corrected chi connectivity index (χ0v) is 14.7. The summed E-state index contributed by atoms with van der Waals surface area (Å²) >= 11 is 11.4. The molecule has 2 aromatic rings. The number of methoxy groups -OCH3 is 1. The van der Waals surface area contributed by atoms with Crippen LogP contribution in [0.1, 0.15) is 16.1 Å². The largest absolute Gasteiger partial charge is 0.465 e. The Hall–Kier alpha value is -0.860. The molecule has 0 N–H and O–H groups in total. The number of rotatable bonds is 3. The number of aliphatic imine (C=N–C) groups is 1. The van der Waals surface area contributed by atoms with E-state index in [1.807, 2.05) is 6.07 Å². The van der Waals surface area contributed by atoms with Crippen LogP contribution in [0.4, 0.5) is 5.69 Å². The second-order valence-electron chi connectivity index (χ2n) is 3.68. The number of halogens is 3. The fraction of sp³-hybridized carbons (Fsp3) is 0.0769. The number of hydrogen-bond donors (Lipinski definition) is 0. The number of carbonyl (C=O) groups excluding carboxylic acids is 1. The van der Waals surface area contributed by atoms with Gasteiger partial charge in [0.25, 0.3) is 0 Å². The highest BCUT2D eigenvalue weighted by atomic mass is 127. The van der Waals surface area contributed by atoms with Gasteiger partial charge in [-0.2, -0.15) is 0 Å². The van der Waals surface area contributed by atoms with E-state index in [4.69, 9.17) is 16.0 Å². The first-order chi connectivity index (χ1) is 9.51. The molecular weight excluding hydrogens is 460 g/mol. The van der Waals surface area contributed by atoms with E-state index in [2.05, 4.69) is 48.3 Å². The van der Waals surface area contributed by atoms with Gasteiger partial charge in [-0.3, -0.25) is 4.99 Å². The molecule has 0 fully saturated rings. The molecule has 0 atom stereocenters. The van der Waals surface area contributed by atoms with Crippen molar-refractivity contribution in [3.63, 3.8) is 0 Å². The standard InChI is InChI=1S/C13H8BrClINO3/c1-19-13(18)9-4-7(2-3-11(9)15)17-6-8-5-10(14)12(16)20-8/h2-6H,1H3. The molecule has 1 aromatic heterocycles. The number of carbonyl (C=O) groups is 1. The Bertz CT molecular complexity index is 665. The van der Waals surface area contributed by atoms with E-state index < -0.39 is 5.97 Å². The molecule has 20 heavy (non-hydrogen) atoms. The van der Waals surface area contributed by atoms with Crippen molar-refractivity contribution in [1.82, 2.24) is 0 Å². The smallest absolute Gasteiger partial charge is 0.339 e. The van der Waals surface area contributed by atoms with E-state index in [-0.39, 0.29) is 5.56 Å². The second kappa shape index (κ2) is 6.73. The van der Waals surface area contributed by atoms with Gasteiger partial charge in [0.2, 0.25) is 0 Å². The van der Waals surface area contributed by atoms with Gasteiger partial charge >= 0.3 is 5.97 Å². The number of furan rings is 1. The fourth-order valence-electron chi connectivity index (χ4n) is 1.43. The Morgan fingerprint density at radius 3 is 2.85 bits per heavy atom. The number of hydrogen-bond acceptors (Lipinski definition) is 4. The maximum Gasteiger partial charge on any atom is 0.339 e. The molecule has 1 heterocycles. The van der Waals surface area contributed by atoms with Crippen LogP contribution in [-0.2, 0) is 4.74 Å². The third-order valence-corrected chi connectivity index (χ3v) is 4.82. The lowest BCUT2D eigenvalue weighted by Gasteiger charge is -2.02. The molecule has 0 aliphatic carbocycles. The first kappa shape index (κ1) is 15.5. The minimum Gasteiger partial charge on any atom is -0.465 e. The summed E-state index contributed by atoms with van der Waals surface area (Å²) in [6.07, 6.45) is 1.57. The van der Waals surface area contributed by atoms with Gasteiger partial charge in [0.15, 0.2) is 3.77 Å². The van der Waals surface area contributed by atoms with E-state index in [0.29, 0.717) is 16.5 Å². The van der Waals surface area contributed by atoms with Crippen LogP contribution in [0.5, 0.6) is 0 Å². The van der Waals surface area contributed by atoms with Crippen LogP contribution >= 0.6 is 50.1 Å². The van der Waals surface area contributed by atoms with Crippen LogP contribution in [0.25, 0.3) is 0 Å². The first-order valence-electron chi connectivity index (χ1n) is 5.38. The Labute approximate surface area is 142 Å². The van der Waals surface area contributed by atoms with E-state index >= 15 is 0 Å². The Balaban J connectivity index is 2.27. The number of benzene rings is 1. The van der Waals surface area contributed by atoms with Crippen molar-refractivity contribution in [3.8, 4) is 0 Å². The summed E-state index contributed by atoms with van der Waals surface area (Å²) in [4.78, 5) is 15.8. The van der Waals surface area contributed by atoms with E-state index in [0.717, 1.165) is 8.24 Å². The van der Waals surface area contributed by atoms with Crippen molar-refractivity contribution in [2.24, 2.45) is 4.99 Å². The molecule has 0 unspecified atom stereocenters. The van der Waals surface area contributed by atoms with Crippen LogP contribution in [0.15, 0.2) is 38.1 Å². The molecule has 0 spiro atoms. The maximum absolute atomic E-state index is 11.5. The molecular formula is C13H8BrClINO3. The van der Waals surface area contributed by atoms with Gasteiger partial charge in [0, 0.05) is 28.7 Å². The average molecular weight is 468 g/mol. The summed E-state index contributed by atoms with van der Waals surface area (Å²) in [5, 5.41) is 0.325.